The lowest BCUT2D eigenvalue weighted by atomic mass is 10.0. The summed E-state index contributed by atoms with van der Waals surface area (Å²) in [5, 5.41) is 26.2. The number of nitro groups is 1. The molecule has 2 atom stereocenters. The number of carbonyl (C=O) groups is 2. The maximum Gasteiger partial charge on any atom is 0.410 e. The molecular formula is C40H54N8O8. The molecule has 2 fully saturated rings. The van der Waals surface area contributed by atoms with Crippen LogP contribution in [0.2, 0.25) is 0 Å². The maximum absolute atomic E-state index is 12.2. The number of nitro benzene ring substituents is 1. The Hall–Kier alpha value is -5.80. The topological polar surface area (TPSA) is 204 Å². The summed E-state index contributed by atoms with van der Waals surface area (Å²) in [5.74, 6) is 1.39. The highest BCUT2D eigenvalue weighted by Crippen LogP contribution is 2.35. The standard InChI is InChI=1S/C20H26N4O5.C20H28N4O3/c1-12-18(13(2)29-22-12)14-6-7-16(17(10-14)24(26)27)21-15-8-9-23(11-15)19(25)28-20(3,4)5;1-12-18(13(2)27-23-12)14-6-7-17(16(21)10-14)22-15-8-9-24(11-15)19(25)26-20(3,4)5/h6-7,10,15,21H,8-9,11H2,1-5H3;6-7,10,15,22H,8-9,11,21H2,1-5H3/t2*15-/m11/s1. The Balaban J connectivity index is 0.000000215. The number of nitrogens with two attached hydrogens (primary N) is 1. The van der Waals surface area contributed by atoms with Gasteiger partial charge in [0.25, 0.3) is 5.69 Å². The van der Waals surface area contributed by atoms with Crippen LogP contribution in [0.1, 0.15) is 77.3 Å². The number of carbonyl (C=O) groups excluding carboxylic acids is 2. The third-order valence-corrected chi connectivity index (χ3v) is 9.29. The molecule has 2 amide bonds. The molecule has 0 bridgehead atoms. The smallest absolute Gasteiger partial charge is 0.410 e. The Morgan fingerprint density at radius 3 is 1.59 bits per heavy atom. The number of nitrogens with one attached hydrogen (secondary N) is 2. The molecule has 0 aliphatic carbocycles. The van der Waals surface area contributed by atoms with E-state index >= 15 is 0 Å². The highest BCUT2D eigenvalue weighted by molar-refractivity contribution is 5.78. The first kappa shape index (κ1) is 41.4. The van der Waals surface area contributed by atoms with E-state index in [0.29, 0.717) is 61.0 Å². The van der Waals surface area contributed by atoms with Crippen LogP contribution in [-0.2, 0) is 9.47 Å². The summed E-state index contributed by atoms with van der Waals surface area (Å²) in [6, 6.07) is 11.0. The number of hydrogen-bond donors (Lipinski definition) is 3. The quantitative estimate of drug-likeness (QED) is 0.0920. The van der Waals surface area contributed by atoms with Crippen LogP contribution in [0.15, 0.2) is 45.4 Å². The Bertz CT molecular complexity index is 2020. The number of likely N-dealkylation sites (tertiary alicyclic amines) is 2. The molecule has 4 N–H and O–H groups in total. The molecule has 4 aromatic rings. The summed E-state index contributed by atoms with van der Waals surface area (Å²) in [6.45, 7) is 20.7. The second-order valence-corrected chi connectivity index (χ2v) is 16.3. The molecular weight excluding hydrogens is 720 g/mol. The Morgan fingerprint density at radius 2 is 1.20 bits per heavy atom. The van der Waals surface area contributed by atoms with E-state index in [1.165, 1.54) is 6.07 Å². The Kier molecular flexibility index (Phi) is 12.2. The van der Waals surface area contributed by atoms with E-state index in [0.717, 1.165) is 40.3 Å². The number of aryl methyl sites for hydroxylation is 4. The molecule has 2 saturated heterocycles. The zero-order valence-electron chi connectivity index (χ0n) is 33.9. The molecule has 2 aliphatic heterocycles. The van der Waals surface area contributed by atoms with Crippen molar-refractivity contribution in [1.82, 2.24) is 20.1 Å². The van der Waals surface area contributed by atoms with Crippen molar-refractivity contribution in [2.24, 2.45) is 0 Å². The fraction of sp³-hybridized carbons (Fsp3) is 0.500. The summed E-state index contributed by atoms with van der Waals surface area (Å²) in [5.41, 5.74) is 12.1. The number of aromatic nitrogens is 2. The fourth-order valence-corrected chi connectivity index (χ4v) is 6.78. The predicted molar refractivity (Wildman–Crippen MR) is 214 cm³/mol. The summed E-state index contributed by atoms with van der Waals surface area (Å²) >= 11 is 0. The maximum atomic E-state index is 12.2. The van der Waals surface area contributed by atoms with Crippen molar-refractivity contribution in [1.29, 1.82) is 0 Å². The van der Waals surface area contributed by atoms with Crippen molar-refractivity contribution in [3.63, 3.8) is 0 Å². The molecule has 2 aromatic carbocycles. The second-order valence-electron chi connectivity index (χ2n) is 16.3. The first-order chi connectivity index (χ1) is 26.2. The minimum atomic E-state index is -0.560. The van der Waals surface area contributed by atoms with Crippen LogP contribution >= 0.6 is 0 Å². The molecule has 56 heavy (non-hydrogen) atoms. The van der Waals surface area contributed by atoms with Crippen LogP contribution < -0.4 is 16.4 Å². The van der Waals surface area contributed by atoms with Crippen molar-refractivity contribution in [2.75, 3.05) is 42.5 Å². The third kappa shape index (κ3) is 10.3. The number of benzene rings is 2. The Morgan fingerprint density at radius 1 is 0.768 bits per heavy atom. The highest BCUT2D eigenvalue weighted by Gasteiger charge is 2.32. The van der Waals surface area contributed by atoms with E-state index in [4.69, 9.17) is 24.3 Å². The SMILES string of the molecule is Cc1noc(C)c1-c1ccc(N[C@@H]2CCN(C(=O)OC(C)(C)C)C2)c(N)c1.Cc1noc(C)c1-c1ccc(N[C@@H]2CCN(C(=O)OC(C)(C)C)C2)c([N+](=O)[O-])c1. The van der Waals surface area contributed by atoms with Crippen molar-refractivity contribution in [3.8, 4) is 22.3 Å². The van der Waals surface area contributed by atoms with Gasteiger partial charge in [0.15, 0.2) is 0 Å². The minimum absolute atomic E-state index is 0.0294. The van der Waals surface area contributed by atoms with Crippen LogP contribution in [0.25, 0.3) is 22.3 Å². The molecule has 302 valence electrons. The first-order valence-electron chi connectivity index (χ1n) is 18.7. The lowest BCUT2D eigenvalue weighted by molar-refractivity contribution is -0.383. The molecule has 0 spiro atoms. The molecule has 0 radical (unpaired) electrons. The summed E-state index contributed by atoms with van der Waals surface area (Å²) in [4.78, 5) is 39.0. The van der Waals surface area contributed by atoms with Gasteiger partial charge < -0.3 is 44.7 Å². The largest absolute Gasteiger partial charge is 0.444 e. The lowest BCUT2D eigenvalue weighted by Crippen LogP contribution is -2.36. The highest BCUT2D eigenvalue weighted by atomic mass is 16.6. The zero-order valence-corrected chi connectivity index (χ0v) is 33.9. The van der Waals surface area contributed by atoms with E-state index in [9.17, 15) is 19.7 Å². The molecule has 2 aromatic heterocycles. The van der Waals surface area contributed by atoms with E-state index in [-0.39, 0.29) is 30.0 Å². The van der Waals surface area contributed by atoms with Gasteiger partial charge in [0, 0.05) is 55.5 Å². The van der Waals surface area contributed by atoms with Crippen LogP contribution in [0.3, 0.4) is 0 Å². The number of anilines is 3. The molecule has 0 saturated carbocycles. The zero-order chi connectivity index (χ0) is 41.1. The van der Waals surface area contributed by atoms with Gasteiger partial charge in [-0.3, -0.25) is 10.1 Å². The molecule has 0 unspecified atom stereocenters. The summed E-state index contributed by atoms with van der Waals surface area (Å²) in [7, 11) is 0. The number of amides is 2. The predicted octanol–water partition coefficient (Wildman–Crippen LogP) is 8.25. The number of ether oxygens (including phenoxy) is 2. The van der Waals surface area contributed by atoms with Gasteiger partial charge in [-0.25, -0.2) is 9.59 Å². The van der Waals surface area contributed by atoms with Crippen molar-refractivity contribution >= 4 is 34.9 Å². The normalized spacial score (nSPS) is 17.0. The Labute approximate surface area is 327 Å². The van der Waals surface area contributed by atoms with E-state index in [1.54, 1.807) is 29.7 Å². The molecule has 16 nitrogen and oxygen atoms in total. The fourth-order valence-electron chi connectivity index (χ4n) is 6.78. The van der Waals surface area contributed by atoms with E-state index < -0.39 is 16.1 Å². The first-order valence-corrected chi connectivity index (χ1v) is 18.7. The van der Waals surface area contributed by atoms with Gasteiger partial charge in [-0.2, -0.15) is 0 Å². The van der Waals surface area contributed by atoms with Crippen LogP contribution in [0.4, 0.5) is 32.3 Å². The van der Waals surface area contributed by atoms with Crippen molar-refractivity contribution < 1.29 is 33.0 Å². The van der Waals surface area contributed by atoms with Gasteiger partial charge in [0.2, 0.25) is 0 Å². The number of hydrogen-bond acceptors (Lipinski definition) is 13. The van der Waals surface area contributed by atoms with Crippen molar-refractivity contribution in [3.05, 3.63) is 69.4 Å². The minimum Gasteiger partial charge on any atom is -0.444 e. The number of rotatable bonds is 7. The molecule has 6 rings (SSSR count). The molecule has 2 aliphatic rings. The van der Waals surface area contributed by atoms with Gasteiger partial charge in [0.1, 0.15) is 28.4 Å². The van der Waals surface area contributed by atoms with Crippen LogP contribution in [0.5, 0.6) is 0 Å². The van der Waals surface area contributed by atoms with Gasteiger partial charge >= 0.3 is 12.2 Å². The van der Waals surface area contributed by atoms with Gasteiger partial charge in [0.05, 0.1) is 27.7 Å². The molecule has 4 heterocycles. The average Bonchev–Trinajstić information content (AvgIpc) is 3.90. The van der Waals surface area contributed by atoms with Gasteiger partial charge in [-0.05, 0) is 111 Å². The average molecular weight is 775 g/mol. The second kappa shape index (κ2) is 16.5. The van der Waals surface area contributed by atoms with Crippen LogP contribution in [0, 0.1) is 37.8 Å². The summed E-state index contributed by atoms with van der Waals surface area (Å²) in [6.07, 6.45) is 0.894. The lowest BCUT2D eigenvalue weighted by Gasteiger charge is -2.24. The van der Waals surface area contributed by atoms with Gasteiger partial charge in [-0.15, -0.1) is 0 Å². The van der Waals surface area contributed by atoms with Gasteiger partial charge in [-0.1, -0.05) is 22.4 Å². The number of nitrogen functional groups attached to an aromatic ring is 1. The van der Waals surface area contributed by atoms with Crippen LogP contribution in [-0.4, -0.2) is 86.7 Å². The molecule has 16 heteroatoms. The number of nitrogens with zero attached hydrogens (tertiary/aromatic N) is 5. The van der Waals surface area contributed by atoms with E-state index in [2.05, 4.69) is 20.9 Å². The monoisotopic (exact) mass is 774 g/mol. The van der Waals surface area contributed by atoms with E-state index in [1.807, 2.05) is 79.7 Å². The van der Waals surface area contributed by atoms with Crippen molar-refractivity contribution in [2.45, 2.75) is 105 Å². The third-order valence-electron chi connectivity index (χ3n) is 9.29. The summed E-state index contributed by atoms with van der Waals surface area (Å²) < 4.78 is 21.3.